The molecule has 0 aliphatic heterocycles. The standard InChI is InChI=1S/C23H29BrN2O3/c1-4-13-25-23(28)21(5-2)26(15-18-9-7-6-8-10-18)22(27)16-29-19-11-12-20(24)17(3)14-19/h6-12,14,21H,4-5,13,15-16H2,1-3H3,(H,25,28)/t21-/m0/s1. The fourth-order valence-electron chi connectivity index (χ4n) is 3.00. The molecule has 0 saturated heterocycles. The van der Waals surface area contributed by atoms with Gasteiger partial charge < -0.3 is 15.0 Å². The third-order valence-corrected chi connectivity index (χ3v) is 5.51. The third kappa shape index (κ3) is 6.89. The fourth-order valence-corrected chi connectivity index (χ4v) is 3.25. The van der Waals surface area contributed by atoms with Gasteiger partial charge in [0.1, 0.15) is 11.8 Å². The number of hydrogen-bond donors (Lipinski definition) is 1. The quantitative estimate of drug-likeness (QED) is 0.568. The molecule has 2 aromatic rings. The summed E-state index contributed by atoms with van der Waals surface area (Å²) in [6.07, 6.45) is 1.38. The highest BCUT2D eigenvalue weighted by molar-refractivity contribution is 9.10. The van der Waals surface area contributed by atoms with Crippen molar-refractivity contribution in [2.75, 3.05) is 13.2 Å². The Kier molecular flexibility index (Phi) is 9.19. The van der Waals surface area contributed by atoms with Crippen molar-refractivity contribution < 1.29 is 14.3 Å². The molecule has 0 aliphatic rings. The predicted octanol–water partition coefficient (Wildman–Crippen LogP) is 4.47. The minimum Gasteiger partial charge on any atom is -0.484 e. The molecule has 0 unspecified atom stereocenters. The molecule has 0 saturated carbocycles. The third-order valence-electron chi connectivity index (χ3n) is 4.62. The van der Waals surface area contributed by atoms with Gasteiger partial charge in [0.15, 0.2) is 6.61 Å². The lowest BCUT2D eigenvalue weighted by molar-refractivity contribution is -0.143. The van der Waals surface area contributed by atoms with Crippen LogP contribution in [0, 0.1) is 6.92 Å². The molecule has 0 aromatic heterocycles. The Labute approximate surface area is 181 Å². The molecule has 29 heavy (non-hydrogen) atoms. The van der Waals surface area contributed by atoms with Crippen LogP contribution in [0.2, 0.25) is 0 Å². The lowest BCUT2D eigenvalue weighted by atomic mass is 10.1. The van der Waals surface area contributed by atoms with E-state index in [2.05, 4.69) is 21.2 Å². The highest BCUT2D eigenvalue weighted by atomic mass is 79.9. The van der Waals surface area contributed by atoms with Crippen LogP contribution in [0.3, 0.4) is 0 Å². The van der Waals surface area contributed by atoms with Gasteiger partial charge in [-0.1, -0.05) is 60.1 Å². The number of halogens is 1. The van der Waals surface area contributed by atoms with E-state index in [4.69, 9.17) is 4.74 Å². The zero-order valence-corrected chi connectivity index (χ0v) is 18.9. The summed E-state index contributed by atoms with van der Waals surface area (Å²) in [6.45, 7) is 6.72. The minimum absolute atomic E-state index is 0.120. The van der Waals surface area contributed by atoms with Crippen molar-refractivity contribution in [1.82, 2.24) is 10.2 Å². The monoisotopic (exact) mass is 460 g/mol. The predicted molar refractivity (Wildman–Crippen MR) is 119 cm³/mol. The number of aryl methyl sites for hydroxylation is 1. The molecular formula is C23H29BrN2O3. The average molecular weight is 461 g/mol. The minimum atomic E-state index is -0.537. The van der Waals surface area contributed by atoms with Crippen LogP contribution in [0.5, 0.6) is 5.75 Å². The number of ether oxygens (including phenoxy) is 1. The molecule has 156 valence electrons. The average Bonchev–Trinajstić information content (AvgIpc) is 2.73. The first-order valence-corrected chi connectivity index (χ1v) is 10.8. The van der Waals surface area contributed by atoms with Crippen molar-refractivity contribution in [2.45, 2.75) is 46.2 Å². The number of rotatable bonds is 10. The summed E-state index contributed by atoms with van der Waals surface area (Å²) in [6, 6.07) is 14.7. The second kappa shape index (κ2) is 11.6. The van der Waals surface area contributed by atoms with Gasteiger partial charge in [-0.3, -0.25) is 9.59 Å². The largest absolute Gasteiger partial charge is 0.484 e. The maximum absolute atomic E-state index is 13.1. The van der Waals surface area contributed by atoms with Gasteiger partial charge in [0.2, 0.25) is 5.91 Å². The van der Waals surface area contributed by atoms with Gasteiger partial charge >= 0.3 is 0 Å². The van der Waals surface area contributed by atoms with E-state index in [1.807, 2.05) is 69.3 Å². The molecule has 6 heteroatoms. The number of hydrogen-bond acceptors (Lipinski definition) is 3. The first kappa shape index (κ1) is 22.9. The number of nitrogens with one attached hydrogen (secondary N) is 1. The SMILES string of the molecule is CCCNC(=O)[C@H](CC)N(Cc1ccccc1)C(=O)COc1ccc(Br)c(C)c1. The maximum Gasteiger partial charge on any atom is 0.261 e. The molecule has 0 bridgehead atoms. The van der Waals surface area contributed by atoms with Crippen molar-refractivity contribution in [2.24, 2.45) is 0 Å². The molecule has 2 rings (SSSR count). The molecule has 0 fully saturated rings. The number of carbonyl (C=O) groups is 2. The van der Waals surface area contributed by atoms with Crippen molar-refractivity contribution in [3.8, 4) is 5.75 Å². The summed E-state index contributed by atoms with van der Waals surface area (Å²) in [4.78, 5) is 27.4. The maximum atomic E-state index is 13.1. The molecule has 0 aliphatic carbocycles. The summed E-state index contributed by atoms with van der Waals surface area (Å²) in [5.41, 5.74) is 2.00. The van der Waals surface area contributed by atoms with E-state index < -0.39 is 6.04 Å². The Morgan fingerprint density at radius 1 is 1.14 bits per heavy atom. The first-order chi connectivity index (χ1) is 14.0. The summed E-state index contributed by atoms with van der Waals surface area (Å²) in [5.74, 6) is 0.285. The van der Waals surface area contributed by atoms with Crippen molar-refractivity contribution in [1.29, 1.82) is 0 Å². The molecule has 1 atom stereocenters. The van der Waals surface area contributed by atoms with Crippen LogP contribution < -0.4 is 10.1 Å². The van der Waals surface area contributed by atoms with E-state index in [-0.39, 0.29) is 18.4 Å². The van der Waals surface area contributed by atoms with Crippen molar-refractivity contribution >= 4 is 27.7 Å². The molecule has 0 spiro atoms. The van der Waals surface area contributed by atoms with E-state index in [1.54, 1.807) is 4.90 Å². The number of benzene rings is 2. The van der Waals surface area contributed by atoms with Gasteiger partial charge in [0, 0.05) is 17.6 Å². The molecule has 2 aromatic carbocycles. The van der Waals surface area contributed by atoms with E-state index in [0.717, 1.165) is 22.0 Å². The van der Waals surface area contributed by atoms with Crippen molar-refractivity contribution in [3.63, 3.8) is 0 Å². The summed E-state index contributed by atoms with van der Waals surface area (Å²) in [7, 11) is 0. The normalized spacial score (nSPS) is 11.6. The van der Waals surface area contributed by atoms with Crippen LogP contribution in [0.25, 0.3) is 0 Å². The summed E-state index contributed by atoms with van der Waals surface area (Å²) >= 11 is 3.46. The van der Waals surface area contributed by atoms with Gasteiger partial charge in [0.05, 0.1) is 0 Å². The Morgan fingerprint density at radius 3 is 2.48 bits per heavy atom. The number of nitrogens with zero attached hydrogens (tertiary/aromatic N) is 1. The Bertz CT molecular complexity index is 811. The van der Waals surface area contributed by atoms with Crippen LogP contribution >= 0.6 is 15.9 Å². The first-order valence-electron chi connectivity index (χ1n) is 9.96. The van der Waals surface area contributed by atoms with Crippen LogP contribution in [0.1, 0.15) is 37.8 Å². The Morgan fingerprint density at radius 2 is 1.86 bits per heavy atom. The van der Waals surface area contributed by atoms with E-state index in [0.29, 0.717) is 25.3 Å². The van der Waals surface area contributed by atoms with E-state index in [9.17, 15) is 9.59 Å². The van der Waals surface area contributed by atoms with E-state index >= 15 is 0 Å². The molecule has 5 nitrogen and oxygen atoms in total. The van der Waals surface area contributed by atoms with Gasteiger partial charge in [-0.05, 0) is 49.1 Å². The molecule has 1 N–H and O–H groups in total. The summed E-state index contributed by atoms with van der Waals surface area (Å²) < 4.78 is 6.72. The van der Waals surface area contributed by atoms with Crippen LogP contribution in [-0.2, 0) is 16.1 Å². The Balaban J connectivity index is 2.16. The molecule has 0 radical (unpaired) electrons. The lowest BCUT2D eigenvalue weighted by Gasteiger charge is -2.30. The van der Waals surface area contributed by atoms with Gasteiger partial charge in [-0.15, -0.1) is 0 Å². The van der Waals surface area contributed by atoms with Gasteiger partial charge in [-0.25, -0.2) is 0 Å². The topological polar surface area (TPSA) is 58.6 Å². The van der Waals surface area contributed by atoms with Crippen LogP contribution in [0.15, 0.2) is 53.0 Å². The number of amides is 2. The van der Waals surface area contributed by atoms with Gasteiger partial charge in [-0.2, -0.15) is 0 Å². The number of carbonyl (C=O) groups excluding carboxylic acids is 2. The Hall–Kier alpha value is -2.34. The zero-order valence-electron chi connectivity index (χ0n) is 17.3. The highest BCUT2D eigenvalue weighted by Gasteiger charge is 2.28. The van der Waals surface area contributed by atoms with Crippen LogP contribution in [0.4, 0.5) is 0 Å². The second-order valence-electron chi connectivity index (χ2n) is 6.92. The summed E-state index contributed by atoms with van der Waals surface area (Å²) in [5, 5.41) is 2.91. The highest BCUT2D eigenvalue weighted by Crippen LogP contribution is 2.22. The molecule has 0 heterocycles. The second-order valence-corrected chi connectivity index (χ2v) is 7.78. The smallest absolute Gasteiger partial charge is 0.261 e. The lowest BCUT2D eigenvalue weighted by Crippen LogP contribution is -2.50. The van der Waals surface area contributed by atoms with Gasteiger partial charge in [0.25, 0.3) is 5.91 Å². The van der Waals surface area contributed by atoms with E-state index in [1.165, 1.54) is 0 Å². The van der Waals surface area contributed by atoms with Crippen LogP contribution in [-0.4, -0.2) is 35.9 Å². The molecular weight excluding hydrogens is 432 g/mol. The molecule has 2 amide bonds. The zero-order chi connectivity index (χ0) is 21.2. The van der Waals surface area contributed by atoms with Crippen molar-refractivity contribution in [3.05, 3.63) is 64.1 Å². The fraction of sp³-hybridized carbons (Fsp3) is 0.391.